The van der Waals surface area contributed by atoms with Crippen molar-refractivity contribution < 1.29 is 8.42 Å². The highest BCUT2D eigenvalue weighted by Gasteiger charge is 2.28. The van der Waals surface area contributed by atoms with Crippen LogP contribution >= 0.6 is 0 Å². The fourth-order valence-electron chi connectivity index (χ4n) is 2.30. The molecule has 1 aliphatic heterocycles. The zero-order chi connectivity index (χ0) is 13.2. The summed E-state index contributed by atoms with van der Waals surface area (Å²) in [5, 5.41) is 3.04. The lowest BCUT2D eigenvalue weighted by molar-refractivity contribution is 0.477. The molecule has 18 heavy (non-hydrogen) atoms. The molecule has 4 nitrogen and oxygen atoms in total. The number of aryl methyl sites for hydroxylation is 1. The summed E-state index contributed by atoms with van der Waals surface area (Å²) in [4.78, 5) is 0.456. The SMILES string of the molecule is CNCc1ccc(C)c(S(=O)(=O)N2CCCC2)c1. The molecule has 0 atom stereocenters. The third kappa shape index (κ3) is 2.58. The van der Waals surface area contributed by atoms with Gasteiger partial charge in [-0.3, -0.25) is 0 Å². The van der Waals surface area contributed by atoms with Crippen LogP contribution in [-0.2, 0) is 16.6 Å². The van der Waals surface area contributed by atoms with Crippen LogP contribution in [-0.4, -0.2) is 32.9 Å². The Balaban J connectivity index is 2.39. The van der Waals surface area contributed by atoms with E-state index >= 15 is 0 Å². The van der Waals surface area contributed by atoms with E-state index in [2.05, 4.69) is 5.32 Å². The summed E-state index contributed by atoms with van der Waals surface area (Å²) in [6, 6.07) is 5.64. The first-order valence-electron chi connectivity index (χ1n) is 6.30. The zero-order valence-corrected chi connectivity index (χ0v) is 11.8. The number of nitrogens with one attached hydrogen (secondary N) is 1. The van der Waals surface area contributed by atoms with Gasteiger partial charge in [0.1, 0.15) is 0 Å². The molecule has 0 aromatic heterocycles. The van der Waals surface area contributed by atoms with Gasteiger partial charge in [-0.25, -0.2) is 8.42 Å². The van der Waals surface area contributed by atoms with Gasteiger partial charge in [0.25, 0.3) is 0 Å². The van der Waals surface area contributed by atoms with E-state index in [9.17, 15) is 8.42 Å². The van der Waals surface area contributed by atoms with Gasteiger partial charge in [0, 0.05) is 19.6 Å². The van der Waals surface area contributed by atoms with Crippen LogP contribution in [0, 0.1) is 6.92 Å². The lowest BCUT2D eigenvalue weighted by atomic mass is 10.1. The van der Waals surface area contributed by atoms with Crippen molar-refractivity contribution in [2.75, 3.05) is 20.1 Å². The Kier molecular flexibility index (Phi) is 4.04. The molecule has 1 aromatic rings. The Hall–Kier alpha value is -0.910. The largest absolute Gasteiger partial charge is 0.316 e. The molecule has 2 rings (SSSR count). The minimum Gasteiger partial charge on any atom is -0.316 e. The van der Waals surface area contributed by atoms with E-state index in [4.69, 9.17) is 0 Å². The van der Waals surface area contributed by atoms with Gasteiger partial charge in [0.2, 0.25) is 10.0 Å². The Morgan fingerprint density at radius 3 is 2.56 bits per heavy atom. The molecule has 0 bridgehead atoms. The van der Waals surface area contributed by atoms with Gasteiger partial charge in [0.15, 0.2) is 0 Å². The summed E-state index contributed by atoms with van der Waals surface area (Å²) in [6.45, 7) is 3.84. The minimum absolute atomic E-state index is 0.456. The van der Waals surface area contributed by atoms with E-state index in [-0.39, 0.29) is 0 Å². The summed E-state index contributed by atoms with van der Waals surface area (Å²) in [5.74, 6) is 0. The zero-order valence-electron chi connectivity index (χ0n) is 10.9. The standard InChI is InChI=1S/C13H20N2O2S/c1-11-5-6-12(10-14-2)9-13(11)18(16,17)15-7-3-4-8-15/h5-6,9,14H,3-4,7-8,10H2,1-2H3. The summed E-state index contributed by atoms with van der Waals surface area (Å²) in [6.07, 6.45) is 1.93. The van der Waals surface area contributed by atoms with Crippen LogP contribution in [0.1, 0.15) is 24.0 Å². The van der Waals surface area contributed by atoms with Crippen molar-refractivity contribution in [3.05, 3.63) is 29.3 Å². The van der Waals surface area contributed by atoms with Gasteiger partial charge in [-0.15, -0.1) is 0 Å². The highest BCUT2D eigenvalue weighted by molar-refractivity contribution is 7.89. The predicted molar refractivity (Wildman–Crippen MR) is 71.9 cm³/mol. The molecule has 0 spiro atoms. The molecule has 1 aliphatic rings. The Morgan fingerprint density at radius 1 is 1.28 bits per heavy atom. The third-order valence-corrected chi connectivity index (χ3v) is 5.36. The van der Waals surface area contributed by atoms with Crippen molar-refractivity contribution in [3.63, 3.8) is 0 Å². The quantitative estimate of drug-likeness (QED) is 0.900. The maximum atomic E-state index is 12.5. The number of rotatable bonds is 4. The fourth-order valence-corrected chi connectivity index (χ4v) is 4.10. The van der Waals surface area contributed by atoms with Crippen molar-refractivity contribution in [3.8, 4) is 0 Å². The molecule has 1 fully saturated rings. The monoisotopic (exact) mass is 268 g/mol. The average Bonchev–Trinajstić information content (AvgIpc) is 2.86. The third-order valence-electron chi connectivity index (χ3n) is 3.32. The van der Waals surface area contributed by atoms with Gasteiger partial charge in [-0.05, 0) is 44.0 Å². The van der Waals surface area contributed by atoms with Crippen molar-refractivity contribution in [2.45, 2.75) is 31.2 Å². The van der Waals surface area contributed by atoms with Crippen molar-refractivity contribution >= 4 is 10.0 Å². The lowest BCUT2D eigenvalue weighted by Crippen LogP contribution is -2.28. The van der Waals surface area contributed by atoms with Crippen molar-refractivity contribution in [2.24, 2.45) is 0 Å². The predicted octanol–water partition coefficient (Wildman–Crippen LogP) is 1.50. The summed E-state index contributed by atoms with van der Waals surface area (Å²) >= 11 is 0. The van der Waals surface area contributed by atoms with Crippen LogP contribution in [0.15, 0.2) is 23.1 Å². The maximum Gasteiger partial charge on any atom is 0.243 e. The molecular formula is C13H20N2O2S. The van der Waals surface area contributed by atoms with E-state index in [1.165, 1.54) is 0 Å². The number of sulfonamides is 1. The average molecular weight is 268 g/mol. The van der Waals surface area contributed by atoms with Gasteiger partial charge in [-0.1, -0.05) is 12.1 Å². The number of hydrogen-bond donors (Lipinski definition) is 1. The first kappa shape index (κ1) is 13.5. The van der Waals surface area contributed by atoms with Crippen LogP contribution in [0.3, 0.4) is 0 Å². The molecule has 1 N–H and O–H groups in total. The van der Waals surface area contributed by atoms with Crippen LogP contribution < -0.4 is 5.32 Å². The topological polar surface area (TPSA) is 49.4 Å². The molecule has 0 radical (unpaired) electrons. The normalized spacial score (nSPS) is 17.2. The Bertz CT molecular complexity index is 520. The molecule has 1 heterocycles. The van der Waals surface area contributed by atoms with Crippen LogP contribution in [0.5, 0.6) is 0 Å². The summed E-state index contributed by atoms with van der Waals surface area (Å²) in [7, 11) is -1.45. The van der Waals surface area contributed by atoms with E-state index in [1.807, 2.05) is 26.1 Å². The highest BCUT2D eigenvalue weighted by Crippen LogP contribution is 2.24. The molecule has 5 heteroatoms. The Labute approximate surface area is 109 Å². The summed E-state index contributed by atoms with van der Waals surface area (Å²) < 4.78 is 26.6. The van der Waals surface area contributed by atoms with E-state index in [0.717, 1.165) is 24.0 Å². The first-order chi connectivity index (χ1) is 8.55. The van der Waals surface area contributed by atoms with Crippen LogP contribution in [0.4, 0.5) is 0 Å². The van der Waals surface area contributed by atoms with Crippen LogP contribution in [0.25, 0.3) is 0 Å². The van der Waals surface area contributed by atoms with Gasteiger partial charge < -0.3 is 5.32 Å². The van der Waals surface area contributed by atoms with Gasteiger partial charge in [0.05, 0.1) is 4.90 Å². The second kappa shape index (κ2) is 5.38. The second-order valence-corrected chi connectivity index (χ2v) is 6.65. The molecule has 0 saturated carbocycles. The molecule has 100 valence electrons. The first-order valence-corrected chi connectivity index (χ1v) is 7.74. The van der Waals surface area contributed by atoms with Crippen molar-refractivity contribution in [1.82, 2.24) is 9.62 Å². The molecule has 0 amide bonds. The molecule has 1 aromatic carbocycles. The molecular weight excluding hydrogens is 248 g/mol. The second-order valence-electron chi connectivity index (χ2n) is 4.74. The molecule has 0 aliphatic carbocycles. The molecule has 0 unspecified atom stereocenters. The Morgan fingerprint density at radius 2 is 1.94 bits per heavy atom. The lowest BCUT2D eigenvalue weighted by Gasteiger charge is -2.17. The molecule has 1 saturated heterocycles. The smallest absolute Gasteiger partial charge is 0.243 e. The van der Waals surface area contributed by atoms with Crippen molar-refractivity contribution in [1.29, 1.82) is 0 Å². The van der Waals surface area contributed by atoms with Crippen LogP contribution in [0.2, 0.25) is 0 Å². The minimum atomic E-state index is -3.30. The van der Waals surface area contributed by atoms with Gasteiger partial charge >= 0.3 is 0 Å². The van der Waals surface area contributed by atoms with E-state index < -0.39 is 10.0 Å². The van der Waals surface area contributed by atoms with Gasteiger partial charge in [-0.2, -0.15) is 4.31 Å². The van der Waals surface area contributed by atoms with E-state index in [0.29, 0.717) is 24.5 Å². The van der Waals surface area contributed by atoms with E-state index in [1.54, 1.807) is 10.4 Å². The fraction of sp³-hybridized carbons (Fsp3) is 0.538. The highest BCUT2D eigenvalue weighted by atomic mass is 32.2. The number of nitrogens with zero attached hydrogens (tertiary/aromatic N) is 1. The summed E-state index contributed by atoms with van der Waals surface area (Å²) in [5.41, 5.74) is 1.82. The maximum absolute atomic E-state index is 12.5. The number of hydrogen-bond acceptors (Lipinski definition) is 3. The number of benzene rings is 1.